The Balaban J connectivity index is 1.73. The van der Waals surface area contributed by atoms with E-state index in [2.05, 4.69) is 10.2 Å². The molecular weight excluding hydrogens is 330 g/mol. The van der Waals surface area contributed by atoms with Crippen LogP contribution in [0.25, 0.3) is 11.5 Å². The number of hydrogen-bond donors (Lipinski definition) is 0. The molecule has 0 bridgehead atoms. The summed E-state index contributed by atoms with van der Waals surface area (Å²) in [5.74, 6) is 1.88. The minimum atomic E-state index is -3.12. The van der Waals surface area contributed by atoms with E-state index in [4.69, 9.17) is 9.15 Å². The van der Waals surface area contributed by atoms with Gasteiger partial charge < -0.3 is 9.15 Å². The lowest BCUT2D eigenvalue weighted by atomic mass is 9.98. The molecule has 7 nitrogen and oxygen atoms in total. The Hall–Kier alpha value is -1.93. The Morgan fingerprint density at radius 2 is 1.96 bits per heavy atom. The molecule has 0 saturated carbocycles. The monoisotopic (exact) mass is 351 g/mol. The highest BCUT2D eigenvalue weighted by molar-refractivity contribution is 7.89. The topological polar surface area (TPSA) is 85.5 Å². The van der Waals surface area contributed by atoms with Crippen LogP contribution in [0.1, 0.15) is 31.6 Å². The van der Waals surface area contributed by atoms with Crippen LogP contribution in [0.5, 0.6) is 5.75 Å². The van der Waals surface area contributed by atoms with Gasteiger partial charge in [-0.3, -0.25) is 0 Å². The van der Waals surface area contributed by atoms with Crippen molar-refractivity contribution in [3.8, 4) is 17.2 Å². The predicted molar refractivity (Wildman–Crippen MR) is 89.3 cm³/mol. The van der Waals surface area contributed by atoms with Crippen molar-refractivity contribution in [2.45, 2.75) is 25.7 Å². The van der Waals surface area contributed by atoms with E-state index < -0.39 is 10.0 Å². The zero-order valence-corrected chi connectivity index (χ0v) is 14.6. The average Bonchev–Trinajstić information content (AvgIpc) is 3.11. The number of sulfonamides is 1. The lowest BCUT2D eigenvalue weighted by Crippen LogP contribution is -2.38. The fraction of sp³-hybridized carbons (Fsp3) is 0.500. The van der Waals surface area contributed by atoms with Crippen molar-refractivity contribution in [3.63, 3.8) is 0 Å². The van der Waals surface area contributed by atoms with Gasteiger partial charge in [-0.2, -0.15) is 0 Å². The minimum absolute atomic E-state index is 0.0873. The average molecular weight is 351 g/mol. The third kappa shape index (κ3) is 3.29. The van der Waals surface area contributed by atoms with E-state index in [1.54, 1.807) is 18.3 Å². The second-order valence-electron chi connectivity index (χ2n) is 5.72. The SMILES string of the molecule is CCS(=O)(=O)N1CCC(c2nnc(-c3ccccc3OC)o2)CC1. The van der Waals surface area contributed by atoms with Crippen molar-refractivity contribution in [1.82, 2.24) is 14.5 Å². The molecule has 8 heteroatoms. The van der Waals surface area contributed by atoms with Crippen molar-refractivity contribution >= 4 is 10.0 Å². The summed E-state index contributed by atoms with van der Waals surface area (Å²) < 4.78 is 36.5. The number of ether oxygens (including phenoxy) is 1. The first-order chi connectivity index (χ1) is 11.5. The normalized spacial score (nSPS) is 17.1. The standard InChI is InChI=1S/C16H21N3O4S/c1-3-24(20,21)19-10-8-12(9-11-19)15-17-18-16(23-15)13-6-4-5-7-14(13)22-2/h4-7,12H,3,8-11H2,1-2H3. The zero-order chi connectivity index (χ0) is 17.2. The van der Waals surface area contributed by atoms with Gasteiger partial charge in [0.2, 0.25) is 15.9 Å². The van der Waals surface area contributed by atoms with E-state index in [1.165, 1.54) is 0 Å². The first-order valence-electron chi connectivity index (χ1n) is 7.99. The van der Waals surface area contributed by atoms with Gasteiger partial charge >= 0.3 is 0 Å². The van der Waals surface area contributed by atoms with Crippen molar-refractivity contribution in [3.05, 3.63) is 30.2 Å². The molecular formula is C16H21N3O4S. The van der Waals surface area contributed by atoms with Gasteiger partial charge in [0, 0.05) is 19.0 Å². The lowest BCUT2D eigenvalue weighted by molar-refractivity contribution is 0.291. The molecule has 2 aromatic rings. The van der Waals surface area contributed by atoms with Crippen LogP contribution >= 0.6 is 0 Å². The summed E-state index contributed by atoms with van der Waals surface area (Å²) in [6.45, 7) is 2.65. The van der Waals surface area contributed by atoms with Crippen molar-refractivity contribution in [2.24, 2.45) is 0 Å². The number of nitrogens with zero attached hydrogens (tertiary/aromatic N) is 3. The van der Waals surface area contributed by atoms with Crippen molar-refractivity contribution < 1.29 is 17.6 Å². The van der Waals surface area contributed by atoms with Crippen LogP contribution in [-0.2, 0) is 10.0 Å². The third-order valence-electron chi connectivity index (χ3n) is 4.34. The number of para-hydroxylation sites is 1. The summed E-state index contributed by atoms with van der Waals surface area (Å²) in [5.41, 5.74) is 0.754. The summed E-state index contributed by atoms with van der Waals surface area (Å²) >= 11 is 0. The first-order valence-corrected chi connectivity index (χ1v) is 9.60. The molecule has 0 aliphatic carbocycles. The summed E-state index contributed by atoms with van der Waals surface area (Å²) in [4.78, 5) is 0. The van der Waals surface area contributed by atoms with Crippen LogP contribution < -0.4 is 4.74 Å². The number of aromatic nitrogens is 2. The fourth-order valence-electron chi connectivity index (χ4n) is 2.89. The van der Waals surface area contributed by atoms with Crippen LogP contribution in [0.4, 0.5) is 0 Å². The Morgan fingerprint density at radius 3 is 2.62 bits per heavy atom. The van der Waals surface area contributed by atoms with E-state index in [9.17, 15) is 8.42 Å². The maximum absolute atomic E-state index is 11.9. The van der Waals surface area contributed by atoms with Crippen molar-refractivity contribution in [2.75, 3.05) is 26.0 Å². The van der Waals surface area contributed by atoms with E-state index in [1.807, 2.05) is 24.3 Å². The lowest BCUT2D eigenvalue weighted by Gasteiger charge is -2.29. The second kappa shape index (κ2) is 6.90. The van der Waals surface area contributed by atoms with Crippen LogP contribution in [0.3, 0.4) is 0 Å². The summed E-state index contributed by atoms with van der Waals surface area (Å²) in [6.07, 6.45) is 1.37. The molecule has 130 valence electrons. The number of rotatable bonds is 5. The maximum Gasteiger partial charge on any atom is 0.251 e. The molecule has 1 aromatic carbocycles. The molecule has 0 radical (unpaired) electrons. The van der Waals surface area contributed by atoms with Gasteiger partial charge in [0.15, 0.2) is 0 Å². The van der Waals surface area contributed by atoms with E-state index >= 15 is 0 Å². The summed E-state index contributed by atoms with van der Waals surface area (Å²) in [7, 11) is -1.53. The molecule has 1 fully saturated rings. The Morgan fingerprint density at radius 1 is 1.25 bits per heavy atom. The van der Waals surface area contributed by atoms with E-state index in [-0.39, 0.29) is 11.7 Å². The van der Waals surface area contributed by atoms with Gasteiger partial charge in [-0.1, -0.05) is 12.1 Å². The first kappa shape index (κ1) is 16.9. The zero-order valence-electron chi connectivity index (χ0n) is 13.8. The van der Waals surface area contributed by atoms with Gasteiger partial charge in [0.05, 0.1) is 18.4 Å². The fourth-order valence-corrected chi connectivity index (χ4v) is 4.03. The molecule has 1 aromatic heterocycles. The van der Waals surface area contributed by atoms with Gasteiger partial charge in [0.1, 0.15) is 5.75 Å². The molecule has 24 heavy (non-hydrogen) atoms. The highest BCUT2D eigenvalue weighted by Crippen LogP contribution is 2.33. The Bertz CT molecular complexity index is 795. The van der Waals surface area contributed by atoms with Gasteiger partial charge in [-0.05, 0) is 31.9 Å². The van der Waals surface area contributed by atoms with Gasteiger partial charge in [-0.15, -0.1) is 10.2 Å². The van der Waals surface area contributed by atoms with Crippen molar-refractivity contribution in [1.29, 1.82) is 0 Å². The highest BCUT2D eigenvalue weighted by atomic mass is 32.2. The molecule has 0 atom stereocenters. The maximum atomic E-state index is 11.9. The Kier molecular flexibility index (Phi) is 4.86. The van der Waals surface area contributed by atoms with Crippen LogP contribution in [0, 0.1) is 0 Å². The minimum Gasteiger partial charge on any atom is -0.496 e. The number of hydrogen-bond acceptors (Lipinski definition) is 6. The van der Waals surface area contributed by atoms with E-state index in [0.29, 0.717) is 43.5 Å². The molecule has 2 heterocycles. The molecule has 1 aliphatic rings. The summed E-state index contributed by atoms with van der Waals surface area (Å²) in [5, 5.41) is 8.28. The Labute approximate surface area is 141 Å². The highest BCUT2D eigenvalue weighted by Gasteiger charge is 2.30. The molecule has 3 rings (SSSR count). The van der Waals surface area contributed by atoms with E-state index in [0.717, 1.165) is 5.56 Å². The number of benzene rings is 1. The molecule has 0 amide bonds. The quantitative estimate of drug-likeness (QED) is 0.821. The third-order valence-corrected chi connectivity index (χ3v) is 6.22. The van der Waals surface area contributed by atoms with Gasteiger partial charge in [0.25, 0.3) is 5.89 Å². The largest absolute Gasteiger partial charge is 0.496 e. The second-order valence-corrected chi connectivity index (χ2v) is 7.98. The van der Waals surface area contributed by atoms with Crippen LogP contribution in [0.15, 0.2) is 28.7 Å². The number of methoxy groups -OCH3 is 1. The number of piperidine rings is 1. The molecule has 1 aliphatic heterocycles. The smallest absolute Gasteiger partial charge is 0.251 e. The molecule has 0 N–H and O–H groups in total. The van der Waals surface area contributed by atoms with Crippen LogP contribution in [-0.4, -0.2) is 48.9 Å². The van der Waals surface area contributed by atoms with Crippen LogP contribution in [0.2, 0.25) is 0 Å². The molecule has 1 saturated heterocycles. The molecule has 0 unspecified atom stereocenters. The molecule has 0 spiro atoms. The summed E-state index contributed by atoms with van der Waals surface area (Å²) in [6, 6.07) is 7.47. The van der Waals surface area contributed by atoms with Gasteiger partial charge in [-0.25, -0.2) is 12.7 Å². The predicted octanol–water partition coefficient (Wildman–Crippen LogP) is 2.27.